The summed E-state index contributed by atoms with van der Waals surface area (Å²) in [7, 11) is 5.34. The summed E-state index contributed by atoms with van der Waals surface area (Å²) < 4.78 is 19.3. The Morgan fingerprint density at radius 3 is 2.72 bits per heavy atom. The maximum Gasteiger partial charge on any atom is 0.254 e. The molecule has 0 spiro atoms. The molecular formula is C25H27FN4O2. The zero-order valence-electron chi connectivity index (χ0n) is 18.6. The number of anilines is 1. The Morgan fingerprint density at radius 1 is 1.16 bits per heavy atom. The predicted molar refractivity (Wildman–Crippen MR) is 122 cm³/mol. The average molecular weight is 435 g/mol. The van der Waals surface area contributed by atoms with E-state index in [1.165, 1.54) is 12.1 Å². The van der Waals surface area contributed by atoms with Gasteiger partial charge < -0.3 is 14.5 Å². The van der Waals surface area contributed by atoms with Gasteiger partial charge in [-0.2, -0.15) is 0 Å². The van der Waals surface area contributed by atoms with Gasteiger partial charge in [-0.1, -0.05) is 18.2 Å². The molecule has 0 unspecified atom stereocenters. The van der Waals surface area contributed by atoms with E-state index in [0.29, 0.717) is 29.4 Å². The van der Waals surface area contributed by atoms with Crippen LogP contribution in [0.1, 0.15) is 41.4 Å². The quantitative estimate of drug-likeness (QED) is 0.581. The van der Waals surface area contributed by atoms with Gasteiger partial charge in [0.05, 0.1) is 18.8 Å². The van der Waals surface area contributed by atoms with Crippen molar-refractivity contribution in [3.8, 4) is 16.9 Å². The van der Waals surface area contributed by atoms with Gasteiger partial charge in [-0.05, 0) is 55.2 Å². The van der Waals surface area contributed by atoms with Crippen molar-refractivity contribution in [2.45, 2.75) is 25.3 Å². The van der Waals surface area contributed by atoms with Crippen LogP contribution in [-0.4, -0.2) is 48.5 Å². The highest BCUT2D eigenvalue weighted by Gasteiger charge is 2.32. The molecule has 1 atom stereocenters. The second kappa shape index (κ2) is 9.34. The number of piperidine rings is 1. The summed E-state index contributed by atoms with van der Waals surface area (Å²) in [5.41, 5.74) is 2.76. The van der Waals surface area contributed by atoms with Crippen LogP contribution in [0.25, 0.3) is 11.1 Å². The molecule has 7 heteroatoms. The van der Waals surface area contributed by atoms with Crippen molar-refractivity contribution in [2.24, 2.45) is 0 Å². The summed E-state index contributed by atoms with van der Waals surface area (Å²) in [6.45, 7) is 0.630. The van der Waals surface area contributed by atoms with Crippen LogP contribution in [0, 0.1) is 5.82 Å². The molecule has 32 heavy (non-hydrogen) atoms. The maximum absolute atomic E-state index is 14.0. The van der Waals surface area contributed by atoms with Crippen LogP contribution in [0.4, 0.5) is 10.3 Å². The van der Waals surface area contributed by atoms with Crippen molar-refractivity contribution in [3.63, 3.8) is 0 Å². The number of halogens is 1. The fraction of sp³-hybridized carbons (Fsp3) is 0.320. The molecular weight excluding hydrogens is 407 g/mol. The SMILES string of the molecule is COc1cccc(C(=O)N2CCCC[C@@H]2c2nc(N(C)C)ncc2-c2cccc(F)c2)c1. The van der Waals surface area contributed by atoms with Crippen molar-refractivity contribution in [1.29, 1.82) is 0 Å². The van der Waals surface area contributed by atoms with E-state index in [9.17, 15) is 9.18 Å². The van der Waals surface area contributed by atoms with Gasteiger partial charge in [0.15, 0.2) is 0 Å². The molecule has 1 amide bonds. The first-order chi connectivity index (χ1) is 15.5. The van der Waals surface area contributed by atoms with Crippen molar-refractivity contribution in [1.82, 2.24) is 14.9 Å². The third-order valence-corrected chi connectivity index (χ3v) is 5.74. The lowest BCUT2D eigenvalue weighted by atomic mass is 9.93. The predicted octanol–water partition coefficient (Wildman–Crippen LogP) is 4.72. The Labute approximate surface area is 187 Å². The monoisotopic (exact) mass is 434 g/mol. The summed E-state index contributed by atoms with van der Waals surface area (Å²) in [5, 5.41) is 0. The molecule has 1 aliphatic rings. The number of hydrogen-bond donors (Lipinski definition) is 0. The molecule has 2 aromatic carbocycles. The van der Waals surface area contributed by atoms with E-state index < -0.39 is 0 Å². The first kappa shape index (κ1) is 21.7. The average Bonchev–Trinajstić information content (AvgIpc) is 2.83. The van der Waals surface area contributed by atoms with Gasteiger partial charge in [0.25, 0.3) is 5.91 Å². The molecule has 166 valence electrons. The highest BCUT2D eigenvalue weighted by Crippen LogP contribution is 2.37. The summed E-state index contributed by atoms with van der Waals surface area (Å²) in [6.07, 6.45) is 4.42. The van der Waals surface area contributed by atoms with Crippen molar-refractivity contribution in [3.05, 3.63) is 71.8 Å². The van der Waals surface area contributed by atoms with Crippen LogP contribution < -0.4 is 9.64 Å². The number of aromatic nitrogens is 2. The first-order valence-electron chi connectivity index (χ1n) is 10.7. The lowest BCUT2D eigenvalue weighted by Gasteiger charge is -2.36. The number of carbonyl (C=O) groups excluding carboxylic acids is 1. The smallest absolute Gasteiger partial charge is 0.254 e. The van der Waals surface area contributed by atoms with Gasteiger partial charge in [0.1, 0.15) is 11.6 Å². The fourth-order valence-electron chi connectivity index (χ4n) is 4.11. The van der Waals surface area contributed by atoms with Crippen molar-refractivity contribution >= 4 is 11.9 Å². The largest absolute Gasteiger partial charge is 0.497 e. The van der Waals surface area contributed by atoms with E-state index in [-0.39, 0.29) is 17.8 Å². The molecule has 3 aromatic rings. The van der Waals surface area contributed by atoms with Crippen LogP contribution in [0.5, 0.6) is 5.75 Å². The van der Waals surface area contributed by atoms with Gasteiger partial charge >= 0.3 is 0 Å². The normalized spacial score (nSPS) is 16.0. The summed E-state index contributed by atoms with van der Waals surface area (Å²) in [5.74, 6) is 0.809. The lowest BCUT2D eigenvalue weighted by molar-refractivity contribution is 0.0606. The van der Waals surface area contributed by atoms with Crippen molar-refractivity contribution in [2.75, 3.05) is 32.6 Å². The third-order valence-electron chi connectivity index (χ3n) is 5.74. The molecule has 1 aliphatic heterocycles. The Bertz CT molecular complexity index is 1120. The Kier molecular flexibility index (Phi) is 6.35. The van der Waals surface area contributed by atoms with Crippen LogP contribution in [-0.2, 0) is 0 Å². The molecule has 1 fully saturated rings. The molecule has 0 radical (unpaired) electrons. The molecule has 1 aromatic heterocycles. The summed E-state index contributed by atoms with van der Waals surface area (Å²) in [6, 6.07) is 13.4. The zero-order chi connectivity index (χ0) is 22.7. The number of carbonyl (C=O) groups is 1. The van der Waals surface area contributed by atoms with E-state index in [1.54, 1.807) is 31.5 Å². The van der Waals surface area contributed by atoms with Crippen LogP contribution in [0.3, 0.4) is 0 Å². The number of methoxy groups -OCH3 is 1. The fourth-order valence-corrected chi connectivity index (χ4v) is 4.11. The second-order valence-corrected chi connectivity index (χ2v) is 8.12. The molecule has 0 bridgehead atoms. The molecule has 2 heterocycles. The second-order valence-electron chi connectivity index (χ2n) is 8.12. The van der Waals surface area contributed by atoms with Crippen LogP contribution >= 0.6 is 0 Å². The minimum absolute atomic E-state index is 0.0659. The van der Waals surface area contributed by atoms with E-state index in [4.69, 9.17) is 9.72 Å². The van der Waals surface area contributed by atoms with Gasteiger partial charge in [0.2, 0.25) is 5.95 Å². The Morgan fingerprint density at radius 2 is 1.97 bits per heavy atom. The van der Waals surface area contributed by atoms with E-state index in [1.807, 2.05) is 42.1 Å². The van der Waals surface area contributed by atoms with E-state index in [2.05, 4.69) is 4.98 Å². The molecule has 4 rings (SSSR count). The van der Waals surface area contributed by atoms with Crippen molar-refractivity contribution < 1.29 is 13.9 Å². The zero-order valence-corrected chi connectivity index (χ0v) is 18.6. The van der Waals surface area contributed by atoms with Gasteiger partial charge in [-0.15, -0.1) is 0 Å². The van der Waals surface area contributed by atoms with Gasteiger partial charge in [-0.25, -0.2) is 14.4 Å². The standard InChI is InChI=1S/C25H27FN4O2/c1-29(2)25-27-16-21(17-8-6-10-19(26)14-17)23(28-25)22-12-4-5-13-30(22)24(31)18-9-7-11-20(15-18)32-3/h6-11,14-16,22H,4-5,12-13H2,1-3H3/t22-/m1/s1. The third kappa shape index (κ3) is 4.42. The highest BCUT2D eigenvalue weighted by atomic mass is 19.1. The first-order valence-corrected chi connectivity index (χ1v) is 10.7. The summed E-state index contributed by atoms with van der Waals surface area (Å²) >= 11 is 0. The van der Waals surface area contributed by atoms with Gasteiger partial charge in [0, 0.05) is 38.0 Å². The molecule has 6 nitrogen and oxygen atoms in total. The minimum Gasteiger partial charge on any atom is -0.497 e. The van der Waals surface area contributed by atoms with Crippen LogP contribution in [0.2, 0.25) is 0 Å². The topological polar surface area (TPSA) is 58.6 Å². The number of nitrogens with zero attached hydrogens (tertiary/aromatic N) is 4. The summed E-state index contributed by atoms with van der Waals surface area (Å²) in [4.78, 5) is 26.5. The Balaban J connectivity index is 1.80. The number of benzene rings is 2. The minimum atomic E-state index is -0.321. The van der Waals surface area contributed by atoms with E-state index in [0.717, 1.165) is 30.5 Å². The number of likely N-dealkylation sites (tertiary alicyclic amines) is 1. The molecule has 0 N–H and O–H groups in total. The molecule has 0 saturated carbocycles. The highest BCUT2D eigenvalue weighted by molar-refractivity contribution is 5.95. The van der Waals surface area contributed by atoms with E-state index >= 15 is 0 Å². The Hall–Kier alpha value is -3.48. The number of ether oxygens (including phenoxy) is 1. The van der Waals surface area contributed by atoms with Gasteiger partial charge in [-0.3, -0.25) is 4.79 Å². The number of rotatable bonds is 5. The number of hydrogen-bond acceptors (Lipinski definition) is 5. The maximum atomic E-state index is 14.0. The number of amides is 1. The molecule has 1 saturated heterocycles. The van der Waals surface area contributed by atoms with Crippen LogP contribution in [0.15, 0.2) is 54.7 Å². The molecule has 0 aliphatic carbocycles. The lowest BCUT2D eigenvalue weighted by Crippen LogP contribution is -2.39.